The van der Waals surface area contributed by atoms with Gasteiger partial charge >= 0.3 is 6.18 Å². The van der Waals surface area contributed by atoms with Gasteiger partial charge in [-0.1, -0.05) is 41.9 Å². The molecule has 2 aromatic carbocycles. The minimum absolute atomic E-state index is 0.272. The van der Waals surface area contributed by atoms with Gasteiger partial charge in [-0.2, -0.15) is 13.2 Å². The first kappa shape index (κ1) is 17.8. The molecule has 0 unspecified atom stereocenters. The Morgan fingerprint density at radius 1 is 1.09 bits per heavy atom. The monoisotopic (exact) mass is 363 g/mol. The number of rotatable bonds is 4. The van der Waals surface area contributed by atoms with Crippen molar-refractivity contribution in [2.24, 2.45) is 0 Å². The predicted octanol–water partition coefficient (Wildman–Crippen LogP) is 4.40. The maximum absolute atomic E-state index is 12.8. The van der Waals surface area contributed by atoms with Crippen LogP contribution >= 0.6 is 11.6 Å². The fourth-order valence-corrected chi connectivity index (χ4v) is 3.75. The first-order chi connectivity index (χ1) is 10.6. The van der Waals surface area contributed by atoms with Crippen molar-refractivity contribution in [3.05, 3.63) is 64.7 Å². The molecule has 8 heteroatoms. The number of nitrogens with one attached hydrogen (secondary N) is 1. The molecule has 0 bridgehead atoms. The molecule has 23 heavy (non-hydrogen) atoms. The molecule has 0 saturated carbocycles. The van der Waals surface area contributed by atoms with Crippen molar-refractivity contribution < 1.29 is 21.6 Å². The van der Waals surface area contributed by atoms with Crippen LogP contribution in [0, 0.1) is 0 Å². The molecule has 0 fully saturated rings. The van der Waals surface area contributed by atoms with E-state index in [1.54, 1.807) is 37.3 Å². The van der Waals surface area contributed by atoms with Crippen LogP contribution in [0.5, 0.6) is 0 Å². The molecule has 1 atom stereocenters. The molecule has 0 aromatic heterocycles. The quantitative estimate of drug-likeness (QED) is 0.875. The highest BCUT2D eigenvalue weighted by Crippen LogP contribution is 2.33. The normalized spacial score (nSPS) is 13.8. The van der Waals surface area contributed by atoms with Crippen molar-refractivity contribution in [3.8, 4) is 0 Å². The van der Waals surface area contributed by atoms with Crippen LogP contribution in [0.15, 0.2) is 53.4 Å². The predicted molar refractivity (Wildman–Crippen MR) is 81.6 cm³/mol. The summed E-state index contributed by atoms with van der Waals surface area (Å²) in [6.07, 6.45) is -4.65. The van der Waals surface area contributed by atoms with Gasteiger partial charge in [-0.15, -0.1) is 0 Å². The molecule has 0 saturated heterocycles. The summed E-state index contributed by atoms with van der Waals surface area (Å²) in [7, 11) is -4.20. The van der Waals surface area contributed by atoms with E-state index in [1.807, 2.05) is 0 Å². The molecular formula is C15H13ClF3NO2S. The first-order valence-corrected chi connectivity index (χ1v) is 8.41. The van der Waals surface area contributed by atoms with E-state index in [2.05, 4.69) is 4.72 Å². The third-order valence-electron chi connectivity index (χ3n) is 3.18. The minimum Gasteiger partial charge on any atom is -0.207 e. The number of halogens is 4. The third-order valence-corrected chi connectivity index (χ3v) is 5.20. The summed E-state index contributed by atoms with van der Waals surface area (Å²) in [6.45, 7) is 1.59. The molecule has 1 N–H and O–H groups in total. The summed E-state index contributed by atoms with van der Waals surface area (Å²) in [6, 6.07) is 10.2. The van der Waals surface area contributed by atoms with Crippen LogP contribution in [0.1, 0.15) is 24.1 Å². The van der Waals surface area contributed by atoms with Gasteiger partial charge in [-0.25, -0.2) is 13.1 Å². The Hall–Kier alpha value is -1.57. The molecule has 0 aliphatic heterocycles. The molecule has 0 aliphatic carbocycles. The molecule has 0 radical (unpaired) electrons. The Morgan fingerprint density at radius 2 is 1.70 bits per heavy atom. The van der Waals surface area contributed by atoms with Gasteiger partial charge < -0.3 is 0 Å². The second-order valence-electron chi connectivity index (χ2n) is 4.90. The number of benzene rings is 2. The highest BCUT2D eigenvalue weighted by Gasteiger charge is 2.33. The van der Waals surface area contributed by atoms with Gasteiger partial charge in [0.25, 0.3) is 0 Å². The number of hydrogen-bond acceptors (Lipinski definition) is 2. The third kappa shape index (κ3) is 4.25. The van der Waals surface area contributed by atoms with E-state index in [9.17, 15) is 21.6 Å². The molecule has 124 valence electrons. The van der Waals surface area contributed by atoms with E-state index >= 15 is 0 Å². The van der Waals surface area contributed by atoms with Crippen molar-refractivity contribution in [2.45, 2.75) is 24.0 Å². The van der Waals surface area contributed by atoms with Gasteiger partial charge in [0.05, 0.1) is 10.6 Å². The van der Waals surface area contributed by atoms with Crippen LogP contribution < -0.4 is 4.72 Å². The largest absolute Gasteiger partial charge is 0.416 e. The Balaban J connectivity index is 2.36. The average molecular weight is 364 g/mol. The number of alkyl halides is 3. The van der Waals surface area contributed by atoms with Gasteiger partial charge in [0.2, 0.25) is 10.0 Å². The second kappa shape index (κ2) is 6.51. The summed E-state index contributed by atoms with van der Waals surface area (Å²) >= 11 is 5.77. The van der Waals surface area contributed by atoms with E-state index in [0.29, 0.717) is 11.6 Å². The van der Waals surface area contributed by atoms with Gasteiger partial charge in [-0.05, 0) is 30.7 Å². The molecule has 3 nitrogen and oxygen atoms in total. The van der Waals surface area contributed by atoms with Crippen molar-refractivity contribution in [1.29, 1.82) is 0 Å². The molecule has 0 aliphatic rings. The smallest absolute Gasteiger partial charge is 0.207 e. The molecule has 2 aromatic rings. The Morgan fingerprint density at radius 3 is 2.26 bits per heavy atom. The lowest BCUT2D eigenvalue weighted by atomic mass is 10.1. The van der Waals surface area contributed by atoms with Crippen LogP contribution in [-0.4, -0.2) is 8.42 Å². The molecule has 0 heterocycles. The zero-order chi connectivity index (χ0) is 17.3. The molecule has 2 rings (SSSR count). The van der Waals surface area contributed by atoms with Crippen molar-refractivity contribution >= 4 is 21.6 Å². The first-order valence-electron chi connectivity index (χ1n) is 6.55. The maximum Gasteiger partial charge on any atom is 0.416 e. The SMILES string of the molecule is C[C@@H](NS(=O)(=O)c1cc(C(F)(F)F)ccc1Cl)c1ccccc1. The van der Waals surface area contributed by atoms with Crippen LogP contribution in [-0.2, 0) is 16.2 Å². The highest BCUT2D eigenvalue weighted by molar-refractivity contribution is 7.89. The van der Waals surface area contributed by atoms with Crippen molar-refractivity contribution in [3.63, 3.8) is 0 Å². The standard InChI is InChI=1S/C15H13ClF3NO2S/c1-10(11-5-3-2-4-6-11)20-23(21,22)14-9-12(15(17,18)19)7-8-13(14)16/h2-10,20H,1H3/t10-/m1/s1. The average Bonchev–Trinajstić information content (AvgIpc) is 2.46. The van der Waals surface area contributed by atoms with E-state index in [-0.39, 0.29) is 5.02 Å². The van der Waals surface area contributed by atoms with Crippen LogP contribution in [0.3, 0.4) is 0 Å². The molecule has 0 amide bonds. The number of hydrogen-bond donors (Lipinski definition) is 1. The van der Waals surface area contributed by atoms with E-state index in [1.165, 1.54) is 0 Å². The van der Waals surface area contributed by atoms with Crippen LogP contribution in [0.4, 0.5) is 13.2 Å². The summed E-state index contributed by atoms with van der Waals surface area (Å²) < 4.78 is 65.3. The highest BCUT2D eigenvalue weighted by atomic mass is 35.5. The fraction of sp³-hybridized carbons (Fsp3) is 0.200. The second-order valence-corrected chi connectivity index (χ2v) is 6.99. The Bertz CT molecular complexity index is 792. The van der Waals surface area contributed by atoms with E-state index in [4.69, 9.17) is 11.6 Å². The van der Waals surface area contributed by atoms with E-state index < -0.39 is 32.7 Å². The van der Waals surface area contributed by atoms with Gasteiger partial charge in [0.15, 0.2) is 0 Å². The van der Waals surface area contributed by atoms with Gasteiger partial charge in [0.1, 0.15) is 4.90 Å². The van der Waals surface area contributed by atoms with Crippen LogP contribution in [0.2, 0.25) is 5.02 Å². The van der Waals surface area contributed by atoms with Gasteiger partial charge in [0, 0.05) is 6.04 Å². The van der Waals surface area contributed by atoms with E-state index in [0.717, 1.165) is 12.1 Å². The molecule has 0 spiro atoms. The topological polar surface area (TPSA) is 46.2 Å². The lowest BCUT2D eigenvalue weighted by molar-refractivity contribution is -0.137. The number of sulfonamides is 1. The van der Waals surface area contributed by atoms with Crippen molar-refractivity contribution in [1.82, 2.24) is 4.72 Å². The zero-order valence-corrected chi connectivity index (χ0v) is 13.5. The molecular weight excluding hydrogens is 351 g/mol. The zero-order valence-electron chi connectivity index (χ0n) is 11.9. The fourth-order valence-electron chi connectivity index (χ4n) is 1.99. The summed E-state index contributed by atoms with van der Waals surface area (Å²) in [5, 5.41) is -0.272. The van der Waals surface area contributed by atoms with Crippen LogP contribution in [0.25, 0.3) is 0 Å². The summed E-state index contributed by atoms with van der Waals surface area (Å²) in [5.74, 6) is 0. The Labute approximate surface area is 137 Å². The lowest BCUT2D eigenvalue weighted by Gasteiger charge is -2.16. The summed E-state index contributed by atoms with van der Waals surface area (Å²) in [5.41, 5.74) is -0.395. The lowest BCUT2D eigenvalue weighted by Crippen LogP contribution is -2.27. The minimum atomic E-state index is -4.65. The summed E-state index contributed by atoms with van der Waals surface area (Å²) in [4.78, 5) is -0.600. The Kier molecular flexibility index (Phi) is 5.03. The van der Waals surface area contributed by atoms with Crippen molar-refractivity contribution in [2.75, 3.05) is 0 Å². The van der Waals surface area contributed by atoms with Gasteiger partial charge in [-0.3, -0.25) is 0 Å². The maximum atomic E-state index is 12.8.